The summed E-state index contributed by atoms with van der Waals surface area (Å²) in [4.78, 5) is 11.7. The second kappa shape index (κ2) is 4.86. The van der Waals surface area contributed by atoms with Gasteiger partial charge in [-0.05, 0) is 43.9 Å². The van der Waals surface area contributed by atoms with Crippen molar-refractivity contribution in [3.63, 3.8) is 0 Å². The van der Waals surface area contributed by atoms with Crippen LogP contribution in [0.2, 0.25) is 0 Å². The van der Waals surface area contributed by atoms with Gasteiger partial charge in [-0.1, -0.05) is 6.42 Å². The first-order valence-electron chi connectivity index (χ1n) is 6.35. The van der Waals surface area contributed by atoms with E-state index in [1.165, 1.54) is 25.7 Å². The first-order valence-corrected chi connectivity index (χ1v) is 6.35. The van der Waals surface area contributed by atoms with Crippen molar-refractivity contribution in [3.8, 4) is 6.07 Å². The molecule has 0 aromatic carbocycles. The minimum absolute atomic E-state index is 0.00362. The second-order valence-corrected chi connectivity index (χ2v) is 5.47. The standard InChI is InChI=1S/C13H20N2O/c1-9(4-5-14)15-13(16)8-12-7-10-2-3-11(12)6-10/h9-12H,2-4,6-8H2,1H3,(H,15,16). The SMILES string of the molecule is CC(CC#N)NC(=O)CC1CC2CCC1C2. The van der Waals surface area contributed by atoms with Crippen LogP contribution in [0, 0.1) is 29.1 Å². The minimum atomic E-state index is -0.00362. The molecular formula is C13H20N2O. The summed E-state index contributed by atoms with van der Waals surface area (Å²) in [7, 11) is 0. The van der Waals surface area contributed by atoms with E-state index in [2.05, 4.69) is 11.4 Å². The molecule has 4 unspecified atom stereocenters. The average molecular weight is 220 g/mol. The molecule has 1 N–H and O–H groups in total. The van der Waals surface area contributed by atoms with Crippen LogP contribution in [0.1, 0.15) is 45.4 Å². The Balaban J connectivity index is 1.74. The van der Waals surface area contributed by atoms with Crippen LogP contribution in [-0.4, -0.2) is 11.9 Å². The molecule has 2 fully saturated rings. The van der Waals surface area contributed by atoms with Crippen molar-refractivity contribution in [2.75, 3.05) is 0 Å². The number of hydrogen-bond donors (Lipinski definition) is 1. The Hall–Kier alpha value is -1.04. The highest BCUT2D eigenvalue weighted by Gasteiger charge is 2.40. The minimum Gasteiger partial charge on any atom is -0.353 e. The molecule has 0 saturated heterocycles. The maximum atomic E-state index is 11.7. The van der Waals surface area contributed by atoms with Gasteiger partial charge in [0.05, 0.1) is 12.5 Å². The smallest absolute Gasteiger partial charge is 0.220 e. The number of amides is 1. The molecule has 2 saturated carbocycles. The van der Waals surface area contributed by atoms with Gasteiger partial charge in [-0.2, -0.15) is 5.26 Å². The number of nitrogens with zero attached hydrogens (tertiary/aromatic N) is 1. The van der Waals surface area contributed by atoms with E-state index in [1.54, 1.807) is 0 Å². The quantitative estimate of drug-likeness (QED) is 0.790. The summed E-state index contributed by atoms with van der Waals surface area (Å²) in [5, 5.41) is 11.4. The molecule has 2 aliphatic carbocycles. The van der Waals surface area contributed by atoms with Gasteiger partial charge in [0, 0.05) is 12.5 Å². The Morgan fingerprint density at radius 1 is 1.50 bits per heavy atom. The third-order valence-electron chi connectivity index (χ3n) is 4.14. The third-order valence-corrected chi connectivity index (χ3v) is 4.14. The summed E-state index contributed by atoms with van der Waals surface area (Å²) < 4.78 is 0. The van der Waals surface area contributed by atoms with Crippen molar-refractivity contribution in [1.82, 2.24) is 5.32 Å². The summed E-state index contributed by atoms with van der Waals surface area (Å²) in [6, 6.07) is 2.08. The molecule has 0 aliphatic heterocycles. The van der Waals surface area contributed by atoms with Gasteiger partial charge in [0.2, 0.25) is 5.91 Å². The monoisotopic (exact) mass is 220 g/mol. The van der Waals surface area contributed by atoms with Crippen LogP contribution < -0.4 is 5.32 Å². The number of hydrogen-bond acceptors (Lipinski definition) is 2. The molecular weight excluding hydrogens is 200 g/mol. The van der Waals surface area contributed by atoms with E-state index < -0.39 is 0 Å². The fourth-order valence-electron chi connectivity index (χ4n) is 3.39. The molecule has 16 heavy (non-hydrogen) atoms. The topological polar surface area (TPSA) is 52.9 Å². The van der Waals surface area contributed by atoms with Crippen LogP contribution in [0.15, 0.2) is 0 Å². The Morgan fingerprint density at radius 3 is 2.88 bits per heavy atom. The van der Waals surface area contributed by atoms with E-state index in [4.69, 9.17) is 5.26 Å². The second-order valence-electron chi connectivity index (χ2n) is 5.47. The fraction of sp³-hybridized carbons (Fsp3) is 0.846. The lowest BCUT2D eigenvalue weighted by molar-refractivity contribution is -0.122. The number of fused-ring (bicyclic) bond motifs is 2. The van der Waals surface area contributed by atoms with Crippen LogP contribution in [0.4, 0.5) is 0 Å². The summed E-state index contributed by atoms with van der Waals surface area (Å²) in [6.07, 6.45) is 6.40. The Labute approximate surface area is 97.2 Å². The van der Waals surface area contributed by atoms with Gasteiger partial charge < -0.3 is 5.32 Å². The van der Waals surface area contributed by atoms with E-state index in [0.29, 0.717) is 18.8 Å². The highest BCUT2D eigenvalue weighted by atomic mass is 16.1. The molecule has 0 radical (unpaired) electrons. The summed E-state index contributed by atoms with van der Waals surface area (Å²) in [5.74, 6) is 2.47. The van der Waals surface area contributed by atoms with Crippen LogP contribution in [0.3, 0.4) is 0 Å². The van der Waals surface area contributed by atoms with Crippen LogP contribution in [-0.2, 0) is 4.79 Å². The van der Waals surface area contributed by atoms with E-state index in [1.807, 2.05) is 6.92 Å². The fourth-order valence-corrected chi connectivity index (χ4v) is 3.39. The molecule has 88 valence electrons. The molecule has 2 bridgehead atoms. The van der Waals surface area contributed by atoms with Crippen molar-refractivity contribution >= 4 is 5.91 Å². The van der Waals surface area contributed by atoms with Crippen LogP contribution in [0.5, 0.6) is 0 Å². The number of nitrogens with one attached hydrogen (secondary N) is 1. The van der Waals surface area contributed by atoms with Gasteiger partial charge in [-0.25, -0.2) is 0 Å². The largest absolute Gasteiger partial charge is 0.353 e. The van der Waals surface area contributed by atoms with Gasteiger partial charge in [-0.15, -0.1) is 0 Å². The maximum absolute atomic E-state index is 11.7. The number of carbonyl (C=O) groups excluding carboxylic acids is 1. The predicted molar refractivity (Wildman–Crippen MR) is 61.4 cm³/mol. The molecule has 0 aromatic heterocycles. The summed E-state index contributed by atoms with van der Waals surface area (Å²) in [6.45, 7) is 1.89. The van der Waals surface area contributed by atoms with Crippen molar-refractivity contribution in [2.24, 2.45) is 17.8 Å². The maximum Gasteiger partial charge on any atom is 0.220 e. The lowest BCUT2D eigenvalue weighted by Gasteiger charge is -2.21. The lowest BCUT2D eigenvalue weighted by atomic mass is 9.86. The highest BCUT2D eigenvalue weighted by Crippen LogP contribution is 2.49. The van der Waals surface area contributed by atoms with Crippen LogP contribution >= 0.6 is 0 Å². The van der Waals surface area contributed by atoms with E-state index in [-0.39, 0.29) is 11.9 Å². The van der Waals surface area contributed by atoms with Gasteiger partial charge in [0.25, 0.3) is 0 Å². The zero-order valence-electron chi connectivity index (χ0n) is 9.91. The molecule has 1 amide bonds. The lowest BCUT2D eigenvalue weighted by Crippen LogP contribution is -2.34. The van der Waals surface area contributed by atoms with E-state index in [0.717, 1.165) is 11.8 Å². The molecule has 0 spiro atoms. The zero-order chi connectivity index (χ0) is 11.5. The average Bonchev–Trinajstić information content (AvgIpc) is 2.78. The van der Waals surface area contributed by atoms with Crippen molar-refractivity contribution < 1.29 is 4.79 Å². The zero-order valence-corrected chi connectivity index (χ0v) is 9.91. The normalized spacial score (nSPS) is 33.4. The predicted octanol–water partition coefficient (Wildman–Crippen LogP) is 2.23. The first-order chi connectivity index (χ1) is 7.69. The van der Waals surface area contributed by atoms with E-state index >= 15 is 0 Å². The molecule has 0 aromatic rings. The molecule has 3 heteroatoms. The molecule has 4 atom stereocenters. The van der Waals surface area contributed by atoms with Gasteiger partial charge >= 0.3 is 0 Å². The van der Waals surface area contributed by atoms with Crippen molar-refractivity contribution in [3.05, 3.63) is 0 Å². The number of carbonyl (C=O) groups is 1. The summed E-state index contributed by atoms with van der Waals surface area (Å²) >= 11 is 0. The number of nitriles is 1. The van der Waals surface area contributed by atoms with Crippen LogP contribution in [0.25, 0.3) is 0 Å². The Morgan fingerprint density at radius 2 is 2.31 bits per heavy atom. The van der Waals surface area contributed by atoms with Gasteiger partial charge in [0.1, 0.15) is 0 Å². The van der Waals surface area contributed by atoms with Crippen molar-refractivity contribution in [2.45, 2.75) is 51.5 Å². The van der Waals surface area contributed by atoms with Gasteiger partial charge in [0.15, 0.2) is 0 Å². The molecule has 2 aliphatic rings. The van der Waals surface area contributed by atoms with Crippen molar-refractivity contribution in [1.29, 1.82) is 5.26 Å². The van der Waals surface area contributed by atoms with E-state index in [9.17, 15) is 4.79 Å². The third kappa shape index (κ3) is 2.55. The Kier molecular flexibility index (Phi) is 3.48. The Bertz CT molecular complexity index is 308. The van der Waals surface area contributed by atoms with Gasteiger partial charge in [-0.3, -0.25) is 4.79 Å². The summed E-state index contributed by atoms with van der Waals surface area (Å²) in [5.41, 5.74) is 0. The molecule has 2 rings (SSSR count). The first kappa shape index (κ1) is 11.4. The highest BCUT2D eigenvalue weighted by molar-refractivity contribution is 5.76. The number of rotatable bonds is 4. The molecule has 3 nitrogen and oxygen atoms in total. The molecule has 0 heterocycles.